The van der Waals surface area contributed by atoms with E-state index in [4.69, 9.17) is 11.5 Å². The maximum atomic E-state index is 12.5. The standard InChI is InChI=1S/C19H19N3O2S/c1-11(20)17(14-7-6-12-4-2-3-5-13(12)8-14)22-19(24)16-9-15(10-25-16)18(21)23/h2-11,17H,20H2,1H3,(H2,21,23)(H,22,24). The molecule has 1 aromatic heterocycles. The summed E-state index contributed by atoms with van der Waals surface area (Å²) in [5, 5.41) is 6.76. The Morgan fingerprint density at radius 2 is 1.80 bits per heavy atom. The molecule has 0 radical (unpaired) electrons. The first kappa shape index (κ1) is 17.1. The first-order valence-corrected chi connectivity index (χ1v) is 8.77. The van der Waals surface area contributed by atoms with Gasteiger partial charge in [0.1, 0.15) is 0 Å². The SMILES string of the molecule is CC(N)C(NC(=O)c1cc(C(N)=O)cs1)c1ccc2ccccc2c1. The summed E-state index contributed by atoms with van der Waals surface area (Å²) in [5.41, 5.74) is 12.6. The van der Waals surface area contributed by atoms with Crippen molar-refractivity contribution in [1.29, 1.82) is 0 Å². The highest BCUT2D eigenvalue weighted by molar-refractivity contribution is 7.12. The van der Waals surface area contributed by atoms with Crippen molar-refractivity contribution in [3.8, 4) is 0 Å². The van der Waals surface area contributed by atoms with Crippen LogP contribution < -0.4 is 16.8 Å². The number of carbonyl (C=O) groups excluding carboxylic acids is 2. The van der Waals surface area contributed by atoms with E-state index in [1.807, 2.05) is 49.4 Å². The fraction of sp³-hybridized carbons (Fsp3) is 0.158. The van der Waals surface area contributed by atoms with Crippen molar-refractivity contribution in [2.75, 3.05) is 0 Å². The average Bonchev–Trinajstić information content (AvgIpc) is 3.09. The number of fused-ring (bicyclic) bond motifs is 1. The number of benzene rings is 2. The molecule has 128 valence electrons. The highest BCUT2D eigenvalue weighted by Gasteiger charge is 2.21. The van der Waals surface area contributed by atoms with Gasteiger partial charge in [0.15, 0.2) is 0 Å². The molecule has 0 aliphatic heterocycles. The topological polar surface area (TPSA) is 98.2 Å². The number of hydrogen-bond acceptors (Lipinski definition) is 4. The van der Waals surface area contributed by atoms with Crippen LogP contribution in [-0.4, -0.2) is 17.9 Å². The Hall–Kier alpha value is -2.70. The molecule has 2 aromatic carbocycles. The molecule has 25 heavy (non-hydrogen) atoms. The Bertz CT molecular complexity index is 933. The number of amides is 2. The minimum Gasteiger partial charge on any atom is -0.366 e. The van der Waals surface area contributed by atoms with Gasteiger partial charge >= 0.3 is 0 Å². The molecular weight excluding hydrogens is 334 g/mol. The summed E-state index contributed by atoms with van der Waals surface area (Å²) < 4.78 is 0. The van der Waals surface area contributed by atoms with E-state index >= 15 is 0 Å². The third kappa shape index (κ3) is 3.70. The van der Waals surface area contributed by atoms with Gasteiger partial charge in [-0.3, -0.25) is 9.59 Å². The third-order valence-corrected chi connectivity index (χ3v) is 4.98. The van der Waals surface area contributed by atoms with Gasteiger partial charge in [-0.15, -0.1) is 11.3 Å². The van der Waals surface area contributed by atoms with E-state index in [0.29, 0.717) is 10.4 Å². The highest BCUT2D eigenvalue weighted by atomic mass is 32.1. The van der Waals surface area contributed by atoms with Crippen LogP contribution in [0.5, 0.6) is 0 Å². The monoisotopic (exact) mass is 353 g/mol. The number of carbonyl (C=O) groups is 2. The number of rotatable bonds is 5. The second-order valence-corrected chi connectivity index (χ2v) is 6.89. The van der Waals surface area contributed by atoms with Crippen LogP contribution in [-0.2, 0) is 0 Å². The fourth-order valence-electron chi connectivity index (χ4n) is 2.72. The van der Waals surface area contributed by atoms with Crippen LogP contribution in [0.3, 0.4) is 0 Å². The average molecular weight is 353 g/mol. The number of nitrogens with two attached hydrogens (primary N) is 2. The molecule has 0 aliphatic rings. The maximum Gasteiger partial charge on any atom is 0.261 e. The number of hydrogen-bond donors (Lipinski definition) is 3. The Balaban J connectivity index is 1.87. The molecule has 0 spiro atoms. The normalized spacial score (nSPS) is 13.4. The predicted octanol–water partition coefficient (Wildman–Crippen LogP) is 2.82. The van der Waals surface area contributed by atoms with Gasteiger partial charge in [-0.25, -0.2) is 0 Å². The fourth-order valence-corrected chi connectivity index (χ4v) is 3.52. The van der Waals surface area contributed by atoms with Crippen molar-refractivity contribution in [2.45, 2.75) is 19.0 Å². The predicted molar refractivity (Wildman–Crippen MR) is 101 cm³/mol. The van der Waals surface area contributed by atoms with Gasteiger partial charge in [-0.05, 0) is 35.4 Å². The summed E-state index contributed by atoms with van der Waals surface area (Å²) in [6, 6.07) is 14.9. The lowest BCUT2D eigenvalue weighted by atomic mass is 9.97. The van der Waals surface area contributed by atoms with Crippen LogP contribution in [0.2, 0.25) is 0 Å². The Kier molecular flexibility index (Phi) is 4.83. The Morgan fingerprint density at radius 1 is 1.08 bits per heavy atom. The minimum absolute atomic E-state index is 0.270. The summed E-state index contributed by atoms with van der Waals surface area (Å²) in [6.45, 7) is 1.85. The van der Waals surface area contributed by atoms with Gasteiger partial charge in [0.05, 0.1) is 16.5 Å². The lowest BCUT2D eigenvalue weighted by molar-refractivity contribution is 0.0935. The van der Waals surface area contributed by atoms with E-state index in [2.05, 4.69) is 5.32 Å². The second-order valence-electron chi connectivity index (χ2n) is 5.98. The van der Waals surface area contributed by atoms with Gasteiger partial charge in [-0.2, -0.15) is 0 Å². The lowest BCUT2D eigenvalue weighted by Gasteiger charge is -2.23. The van der Waals surface area contributed by atoms with Gasteiger partial charge in [-0.1, -0.05) is 36.4 Å². The van der Waals surface area contributed by atoms with Crippen LogP contribution in [0.25, 0.3) is 10.8 Å². The zero-order chi connectivity index (χ0) is 18.0. The van der Waals surface area contributed by atoms with E-state index in [0.717, 1.165) is 16.3 Å². The van der Waals surface area contributed by atoms with E-state index < -0.39 is 5.91 Å². The molecule has 3 aromatic rings. The summed E-state index contributed by atoms with van der Waals surface area (Å²) in [4.78, 5) is 24.1. The number of primary amides is 1. The second kappa shape index (κ2) is 7.04. The molecule has 2 unspecified atom stereocenters. The quantitative estimate of drug-likeness (QED) is 0.658. The lowest BCUT2D eigenvalue weighted by Crippen LogP contribution is -2.39. The maximum absolute atomic E-state index is 12.5. The van der Waals surface area contributed by atoms with Crippen molar-refractivity contribution in [3.63, 3.8) is 0 Å². The van der Waals surface area contributed by atoms with Crippen LogP contribution in [0, 0.1) is 0 Å². The zero-order valence-corrected chi connectivity index (χ0v) is 14.5. The van der Waals surface area contributed by atoms with Gasteiger partial charge in [0.2, 0.25) is 5.91 Å². The molecule has 0 saturated heterocycles. The largest absolute Gasteiger partial charge is 0.366 e. The number of thiophene rings is 1. The molecule has 2 amide bonds. The molecule has 6 heteroatoms. The molecule has 3 rings (SSSR count). The first-order valence-electron chi connectivity index (χ1n) is 7.89. The van der Waals surface area contributed by atoms with Gasteiger partial charge < -0.3 is 16.8 Å². The minimum atomic E-state index is -0.548. The van der Waals surface area contributed by atoms with Crippen molar-refractivity contribution in [1.82, 2.24) is 5.32 Å². The van der Waals surface area contributed by atoms with Crippen LogP contribution >= 0.6 is 11.3 Å². The molecule has 5 nitrogen and oxygen atoms in total. The van der Waals surface area contributed by atoms with Crippen LogP contribution in [0.15, 0.2) is 53.9 Å². The summed E-state index contributed by atoms with van der Waals surface area (Å²) in [6.07, 6.45) is 0. The number of nitrogens with one attached hydrogen (secondary N) is 1. The van der Waals surface area contributed by atoms with E-state index in [9.17, 15) is 9.59 Å². The third-order valence-electron chi connectivity index (χ3n) is 4.05. The molecule has 0 aliphatic carbocycles. The molecule has 0 saturated carbocycles. The van der Waals surface area contributed by atoms with Gasteiger partial charge in [0, 0.05) is 11.4 Å². The van der Waals surface area contributed by atoms with Crippen molar-refractivity contribution in [3.05, 3.63) is 69.9 Å². The van der Waals surface area contributed by atoms with Crippen LogP contribution in [0.4, 0.5) is 0 Å². The van der Waals surface area contributed by atoms with Crippen LogP contribution in [0.1, 0.15) is 38.6 Å². The van der Waals surface area contributed by atoms with Gasteiger partial charge in [0.25, 0.3) is 5.91 Å². The summed E-state index contributed by atoms with van der Waals surface area (Å²) in [7, 11) is 0. The molecule has 2 atom stereocenters. The van der Waals surface area contributed by atoms with Crippen molar-refractivity contribution >= 4 is 33.9 Å². The molecule has 1 heterocycles. The molecule has 5 N–H and O–H groups in total. The first-order chi connectivity index (χ1) is 12.0. The summed E-state index contributed by atoms with van der Waals surface area (Å²) in [5.74, 6) is -0.818. The molecular formula is C19H19N3O2S. The highest BCUT2D eigenvalue weighted by Crippen LogP contribution is 2.23. The Morgan fingerprint density at radius 3 is 2.44 bits per heavy atom. The zero-order valence-electron chi connectivity index (χ0n) is 13.7. The van der Waals surface area contributed by atoms with E-state index in [1.54, 1.807) is 5.38 Å². The Labute approximate surface area is 149 Å². The van der Waals surface area contributed by atoms with Crippen molar-refractivity contribution < 1.29 is 9.59 Å². The smallest absolute Gasteiger partial charge is 0.261 e. The van der Waals surface area contributed by atoms with Crippen molar-refractivity contribution in [2.24, 2.45) is 11.5 Å². The van der Waals surface area contributed by atoms with E-state index in [1.165, 1.54) is 17.4 Å². The molecule has 0 bridgehead atoms. The van der Waals surface area contributed by atoms with E-state index in [-0.39, 0.29) is 18.0 Å². The molecule has 0 fully saturated rings. The summed E-state index contributed by atoms with van der Waals surface area (Å²) >= 11 is 1.18.